The van der Waals surface area contributed by atoms with E-state index in [9.17, 15) is 0 Å². The van der Waals surface area contributed by atoms with Gasteiger partial charge in [-0.1, -0.05) is 6.07 Å². The van der Waals surface area contributed by atoms with Gasteiger partial charge in [0.1, 0.15) is 24.7 Å². The summed E-state index contributed by atoms with van der Waals surface area (Å²) in [6, 6.07) is 5.76. The van der Waals surface area contributed by atoms with Crippen LogP contribution in [0.4, 0.5) is 0 Å². The Hall–Kier alpha value is -0.610. The maximum Gasteiger partial charge on any atom is 0.136 e. The van der Waals surface area contributed by atoms with Crippen molar-refractivity contribution in [3.8, 4) is 11.5 Å². The molecule has 0 saturated heterocycles. The van der Waals surface area contributed by atoms with E-state index < -0.39 is 0 Å². The molecule has 2 bridgehead atoms. The minimum atomic E-state index is 0.492. The van der Waals surface area contributed by atoms with Crippen LogP contribution < -0.4 is 9.47 Å². The van der Waals surface area contributed by atoms with E-state index in [0.29, 0.717) is 66.1 Å². The van der Waals surface area contributed by atoms with E-state index in [1.165, 1.54) is 0 Å². The van der Waals surface area contributed by atoms with Gasteiger partial charge in [-0.25, -0.2) is 0 Å². The average molecular weight is 438 g/mol. The second-order valence-corrected chi connectivity index (χ2v) is 5.79. The van der Waals surface area contributed by atoms with Crippen molar-refractivity contribution < 1.29 is 28.4 Å². The van der Waals surface area contributed by atoms with Gasteiger partial charge in [0.25, 0.3) is 0 Å². The zero-order valence-electron chi connectivity index (χ0n) is 13.1. The van der Waals surface area contributed by atoms with Crippen LogP contribution in [0.25, 0.3) is 0 Å². The van der Waals surface area contributed by atoms with Crippen LogP contribution in [0, 0.1) is 3.57 Å². The van der Waals surface area contributed by atoms with E-state index in [1.807, 2.05) is 18.2 Å². The van der Waals surface area contributed by atoms with Crippen LogP contribution >= 0.6 is 22.6 Å². The van der Waals surface area contributed by atoms with Gasteiger partial charge in [-0.3, -0.25) is 0 Å². The molecule has 0 fully saturated rings. The maximum atomic E-state index is 5.74. The minimum Gasteiger partial charge on any atom is -0.490 e. The zero-order valence-corrected chi connectivity index (χ0v) is 15.3. The largest absolute Gasteiger partial charge is 0.490 e. The van der Waals surface area contributed by atoms with Crippen LogP contribution in [-0.2, 0) is 18.9 Å². The molecule has 0 aliphatic carbocycles. The Labute approximate surface area is 150 Å². The quantitative estimate of drug-likeness (QED) is 0.579. The van der Waals surface area contributed by atoms with Crippen LogP contribution in [-0.4, -0.2) is 66.1 Å². The lowest BCUT2D eigenvalue weighted by molar-refractivity contribution is -0.00664. The lowest BCUT2D eigenvalue weighted by Gasteiger charge is -2.13. The number of hydrogen-bond donors (Lipinski definition) is 0. The average Bonchev–Trinajstić information content (AvgIpc) is 2.56. The van der Waals surface area contributed by atoms with Crippen molar-refractivity contribution in [3.63, 3.8) is 0 Å². The molecule has 1 aromatic rings. The maximum absolute atomic E-state index is 5.74. The molecule has 0 aromatic heterocycles. The van der Waals surface area contributed by atoms with E-state index in [4.69, 9.17) is 28.4 Å². The molecule has 1 aliphatic rings. The summed E-state index contributed by atoms with van der Waals surface area (Å²) in [5.41, 5.74) is 0. The third-order valence-corrected chi connectivity index (χ3v) is 4.08. The van der Waals surface area contributed by atoms with Gasteiger partial charge in [0.2, 0.25) is 0 Å². The highest BCUT2D eigenvalue weighted by atomic mass is 127. The van der Waals surface area contributed by atoms with Crippen molar-refractivity contribution in [2.45, 2.75) is 0 Å². The standard InChI is InChI=1S/C16H23IO6/c17-16-14-2-1-3-15(16)23-13-11-21-9-7-19-5-4-18-6-8-20-10-12-22-14/h1-3H,4-13H2. The molecule has 0 atom stereocenters. The van der Waals surface area contributed by atoms with Crippen molar-refractivity contribution in [3.05, 3.63) is 21.8 Å². The summed E-state index contributed by atoms with van der Waals surface area (Å²) in [6.45, 7) is 5.36. The molecule has 0 unspecified atom stereocenters. The second kappa shape index (κ2) is 11.9. The molecule has 0 saturated carbocycles. The highest BCUT2D eigenvalue weighted by Crippen LogP contribution is 2.30. The number of halogens is 1. The fraction of sp³-hybridized carbons (Fsp3) is 0.625. The molecule has 1 aromatic carbocycles. The van der Waals surface area contributed by atoms with Gasteiger partial charge in [-0.05, 0) is 34.7 Å². The number of fused-ring (bicyclic) bond motifs is 2. The molecule has 0 N–H and O–H groups in total. The van der Waals surface area contributed by atoms with Crippen molar-refractivity contribution in [2.24, 2.45) is 0 Å². The normalized spacial score (nSPS) is 19.5. The molecule has 6 nitrogen and oxygen atoms in total. The summed E-state index contributed by atoms with van der Waals surface area (Å²) in [6.07, 6.45) is 0. The zero-order chi connectivity index (χ0) is 16.2. The topological polar surface area (TPSA) is 55.4 Å². The first kappa shape index (κ1) is 18.7. The smallest absolute Gasteiger partial charge is 0.136 e. The first-order chi connectivity index (χ1) is 11.4. The molecule has 0 spiro atoms. The predicted molar refractivity (Wildman–Crippen MR) is 93.4 cm³/mol. The summed E-state index contributed by atoms with van der Waals surface area (Å²) in [5, 5.41) is 0. The lowest BCUT2D eigenvalue weighted by Crippen LogP contribution is -2.14. The Morgan fingerprint density at radius 3 is 1.30 bits per heavy atom. The second-order valence-electron chi connectivity index (χ2n) is 4.71. The highest BCUT2D eigenvalue weighted by molar-refractivity contribution is 14.1. The van der Waals surface area contributed by atoms with Gasteiger partial charge < -0.3 is 28.4 Å². The molecule has 1 heterocycles. The van der Waals surface area contributed by atoms with Crippen LogP contribution in [0.15, 0.2) is 18.2 Å². The van der Waals surface area contributed by atoms with Gasteiger partial charge >= 0.3 is 0 Å². The van der Waals surface area contributed by atoms with Gasteiger partial charge in [0.05, 0.1) is 56.4 Å². The molecule has 1 aliphatic heterocycles. The van der Waals surface area contributed by atoms with Crippen molar-refractivity contribution in [1.29, 1.82) is 0 Å². The fourth-order valence-electron chi connectivity index (χ4n) is 1.90. The summed E-state index contributed by atoms with van der Waals surface area (Å²) >= 11 is 2.23. The molecule has 2 rings (SSSR count). The first-order valence-corrected chi connectivity index (χ1v) is 8.81. The van der Waals surface area contributed by atoms with E-state index >= 15 is 0 Å². The Kier molecular flexibility index (Phi) is 9.65. The summed E-state index contributed by atoms with van der Waals surface area (Å²) in [5.74, 6) is 1.60. The summed E-state index contributed by atoms with van der Waals surface area (Å²) in [4.78, 5) is 0. The van der Waals surface area contributed by atoms with Gasteiger partial charge in [0.15, 0.2) is 0 Å². The third kappa shape index (κ3) is 7.67. The Bertz CT molecular complexity index is 406. The van der Waals surface area contributed by atoms with Crippen molar-refractivity contribution in [1.82, 2.24) is 0 Å². The van der Waals surface area contributed by atoms with E-state index in [-0.39, 0.29) is 0 Å². The van der Waals surface area contributed by atoms with Crippen LogP contribution in [0.1, 0.15) is 0 Å². The highest BCUT2D eigenvalue weighted by Gasteiger charge is 2.08. The van der Waals surface area contributed by atoms with Crippen LogP contribution in [0.5, 0.6) is 11.5 Å². The third-order valence-electron chi connectivity index (χ3n) is 3.01. The first-order valence-electron chi connectivity index (χ1n) is 7.73. The lowest BCUT2D eigenvalue weighted by atomic mass is 10.3. The van der Waals surface area contributed by atoms with Crippen molar-refractivity contribution in [2.75, 3.05) is 66.1 Å². The van der Waals surface area contributed by atoms with Gasteiger partial charge in [0, 0.05) is 0 Å². The molecular weight excluding hydrogens is 415 g/mol. The van der Waals surface area contributed by atoms with Crippen LogP contribution in [0.2, 0.25) is 0 Å². The monoisotopic (exact) mass is 438 g/mol. The van der Waals surface area contributed by atoms with E-state index in [1.54, 1.807) is 0 Å². The number of hydrogen-bond acceptors (Lipinski definition) is 6. The summed E-state index contributed by atoms with van der Waals surface area (Å²) in [7, 11) is 0. The van der Waals surface area contributed by atoms with Crippen LogP contribution in [0.3, 0.4) is 0 Å². The molecule has 0 amide bonds. The fourth-order valence-corrected chi connectivity index (χ4v) is 2.57. The Morgan fingerprint density at radius 2 is 0.913 bits per heavy atom. The molecule has 23 heavy (non-hydrogen) atoms. The summed E-state index contributed by atoms with van der Waals surface area (Å²) < 4.78 is 34.2. The SMILES string of the molecule is Ic1c2cccc1OCCOCCOCCOCCOCCO2. The molecule has 130 valence electrons. The molecular formula is C16H23IO6. The van der Waals surface area contributed by atoms with Crippen molar-refractivity contribution >= 4 is 22.6 Å². The van der Waals surface area contributed by atoms with E-state index in [0.717, 1.165) is 15.1 Å². The van der Waals surface area contributed by atoms with Gasteiger partial charge in [-0.2, -0.15) is 0 Å². The van der Waals surface area contributed by atoms with E-state index in [2.05, 4.69) is 22.6 Å². The molecule has 7 heteroatoms. The van der Waals surface area contributed by atoms with Gasteiger partial charge in [-0.15, -0.1) is 0 Å². The molecule has 0 radical (unpaired) electrons. The predicted octanol–water partition coefficient (Wildman–Crippen LogP) is 2.13. The number of rotatable bonds is 0. The minimum absolute atomic E-state index is 0.492. The number of benzene rings is 1. The Morgan fingerprint density at radius 1 is 0.565 bits per heavy atom. The number of ether oxygens (including phenoxy) is 6. The Balaban J connectivity index is 1.84.